The highest BCUT2D eigenvalue weighted by atomic mass is 32.2. The minimum absolute atomic E-state index is 0.000469. The second kappa shape index (κ2) is 4.68. The molecule has 2 heterocycles. The molecule has 1 unspecified atom stereocenters. The predicted octanol–water partition coefficient (Wildman–Crippen LogP) is 1.49. The molecule has 1 aliphatic heterocycles. The van der Waals surface area contributed by atoms with Gasteiger partial charge in [-0.05, 0) is 46.2 Å². The molecule has 1 aromatic heterocycles. The van der Waals surface area contributed by atoms with Crippen LogP contribution in [0.5, 0.6) is 0 Å². The van der Waals surface area contributed by atoms with Gasteiger partial charge in [0.1, 0.15) is 10.7 Å². The number of aromatic nitrogens is 1. The monoisotopic (exact) mass is 299 g/mol. The molecule has 1 atom stereocenters. The van der Waals surface area contributed by atoms with E-state index in [9.17, 15) is 8.42 Å². The van der Waals surface area contributed by atoms with Crippen molar-refractivity contribution in [2.75, 3.05) is 5.32 Å². The number of primary sulfonamides is 1. The van der Waals surface area contributed by atoms with Crippen molar-refractivity contribution in [1.29, 1.82) is 0 Å². The first-order valence-electron chi connectivity index (χ1n) is 6.46. The fraction of sp³-hybridized carbons (Fsp3) is 0.615. The molecule has 0 aliphatic carbocycles. The van der Waals surface area contributed by atoms with Crippen LogP contribution < -0.4 is 10.5 Å². The standard InChI is InChI=1S/C13H21N3O3S/c1-12(2)8-10(13(3,4)19-12)16-11-9(20(14,17)18)6-5-7-15-11/h5-7,10H,8H2,1-4H3,(H,15,16)(H2,14,17,18). The van der Waals surface area contributed by atoms with Crippen molar-refractivity contribution < 1.29 is 13.2 Å². The Morgan fingerprint density at radius 2 is 2.05 bits per heavy atom. The lowest BCUT2D eigenvalue weighted by molar-refractivity contribution is -0.0662. The summed E-state index contributed by atoms with van der Waals surface area (Å²) in [5.41, 5.74) is -0.686. The summed E-state index contributed by atoms with van der Waals surface area (Å²) in [7, 11) is -3.81. The van der Waals surface area contributed by atoms with Crippen molar-refractivity contribution in [2.45, 2.75) is 56.3 Å². The third kappa shape index (κ3) is 3.11. The Hall–Kier alpha value is -1.18. The van der Waals surface area contributed by atoms with Gasteiger partial charge in [0.2, 0.25) is 10.0 Å². The van der Waals surface area contributed by atoms with Crippen LogP contribution >= 0.6 is 0 Å². The number of hydrogen-bond acceptors (Lipinski definition) is 5. The van der Waals surface area contributed by atoms with Gasteiger partial charge in [0.25, 0.3) is 0 Å². The Morgan fingerprint density at radius 1 is 1.40 bits per heavy atom. The van der Waals surface area contributed by atoms with E-state index < -0.39 is 15.6 Å². The third-order valence-corrected chi connectivity index (χ3v) is 4.40. The Balaban J connectivity index is 2.32. The molecule has 20 heavy (non-hydrogen) atoms. The molecule has 0 bridgehead atoms. The molecule has 0 spiro atoms. The first-order chi connectivity index (χ1) is 9.01. The van der Waals surface area contributed by atoms with Crippen molar-refractivity contribution in [1.82, 2.24) is 4.98 Å². The first-order valence-corrected chi connectivity index (χ1v) is 8.00. The lowest BCUT2D eigenvalue weighted by atomic mass is 9.94. The largest absolute Gasteiger partial charge is 0.367 e. The molecular formula is C13H21N3O3S. The SMILES string of the molecule is CC1(C)CC(Nc2ncccc2S(N)(=O)=O)C(C)(C)O1. The van der Waals surface area contributed by atoms with Crippen molar-refractivity contribution in [3.8, 4) is 0 Å². The smallest absolute Gasteiger partial charge is 0.241 e. The molecule has 0 amide bonds. The van der Waals surface area contributed by atoms with Gasteiger partial charge in [0.15, 0.2) is 0 Å². The Labute approximate surface area is 119 Å². The quantitative estimate of drug-likeness (QED) is 0.881. The highest BCUT2D eigenvalue weighted by molar-refractivity contribution is 7.89. The Kier molecular flexibility index (Phi) is 3.56. The van der Waals surface area contributed by atoms with E-state index in [1.54, 1.807) is 6.07 Å². The van der Waals surface area contributed by atoms with Crippen LogP contribution in [0.15, 0.2) is 23.2 Å². The topological polar surface area (TPSA) is 94.3 Å². The first kappa shape index (κ1) is 15.2. The van der Waals surface area contributed by atoms with Gasteiger partial charge < -0.3 is 10.1 Å². The molecule has 1 aliphatic rings. The minimum atomic E-state index is -3.81. The van der Waals surface area contributed by atoms with E-state index in [0.717, 1.165) is 6.42 Å². The van der Waals surface area contributed by atoms with Gasteiger partial charge in [0, 0.05) is 6.20 Å². The van der Waals surface area contributed by atoms with Crippen LogP contribution in [0.25, 0.3) is 0 Å². The number of nitrogens with two attached hydrogens (primary N) is 1. The summed E-state index contributed by atoms with van der Waals surface area (Å²) >= 11 is 0. The second-order valence-corrected chi connectivity index (χ2v) is 7.79. The molecule has 112 valence electrons. The van der Waals surface area contributed by atoms with Crippen LogP contribution in [0.4, 0.5) is 5.82 Å². The summed E-state index contributed by atoms with van der Waals surface area (Å²) in [6.45, 7) is 7.96. The number of anilines is 1. The molecule has 1 fully saturated rings. The zero-order valence-corrected chi connectivity index (χ0v) is 13.0. The Bertz CT molecular complexity index is 611. The molecule has 0 saturated carbocycles. The summed E-state index contributed by atoms with van der Waals surface area (Å²) in [6, 6.07) is 2.94. The van der Waals surface area contributed by atoms with Crippen molar-refractivity contribution >= 4 is 15.8 Å². The normalized spacial score (nSPS) is 24.6. The number of nitrogens with zero attached hydrogens (tertiary/aromatic N) is 1. The van der Waals surface area contributed by atoms with Gasteiger partial charge in [0.05, 0.1) is 17.2 Å². The predicted molar refractivity (Wildman–Crippen MR) is 76.9 cm³/mol. The van der Waals surface area contributed by atoms with E-state index in [0.29, 0.717) is 0 Å². The summed E-state index contributed by atoms with van der Waals surface area (Å²) < 4.78 is 29.1. The van der Waals surface area contributed by atoms with E-state index in [2.05, 4.69) is 10.3 Å². The molecule has 1 saturated heterocycles. The zero-order valence-electron chi connectivity index (χ0n) is 12.2. The van der Waals surface area contributed by atoms with E-state index in [-0.39, 0.29) is 22.4 Å². The summed E-state index contributed by atoms with van der Waals surface area (Å²) in [6.07, 6.45) is 2.28. The van der Waals surface area contributed by atoms with Gasteiger partial charge in [-0.1, -0.05) is 0 Å². The van der Waals surface area contributed by atoms with Crippen LogP contribution in [-0.2, 0) is 14.8 Å². The highest BCUT2D eigenvalue weighted by Gasteiger charge is 2.46. The fourth-order valence-corrected chi connectivity index (χ4v) is 3.33. The molecule has 0 radical (unpaired) electrons. The van der Waals surface area contributed by atoms with Crippen LogP contribution in [0.2, 0.25) is 0 Å². The number of nitrogens with one attached hydrogen (secondary N) is 1. The number of pyridine rings is 1. The summed E-state index contributed by atoms with van der Waals surface area (Å²) in [5, 5.41) is 8.38. The van der Waals surface area contributed by atoms with Crippen molar-refractivity contribution in [3.05, 3.63) is 18.3 Å². The summed E-state index contributed by atoms with van der Waals surface area (Å²) in [5.74, 6) is 0.273. The minimum Gasteiger partial charge on any atom is -0.367 e. The van der Waals surface area contributed by atoms with E-state index >= 15 is 0 Å². The lowest BCUT2D eigenvalue weighted by Crippen LogP contribution is -2.38. The van der Waals surface area contributed by atoms with Gasteiger partial charge in [-0.3, -0.25) is 0 Å². The maximum Gasteiger partial charge on any atom is 0.241 e. The van der Waals surface area contributed by atoms with E-state index in [1.807, 2.05) is 27.7 Å². The van der Waals surface area contributed by atoms with Gasteiger partial charge in [-0.2, -0.15) is 0 Å². The molecule has 3 N–H and O–H groups in total. The van der Waals surface area contributed by atoms with E-state index in [4.69, 9.17) is 9.88 Å². The number of sulfonamides is 1. The maximum atomic E-state index is 11.6. The van der Waals surface area contributed by atoms with E-state index in [1.165, 1.54) is 12.3 Å². The average Bonchev–Trinajstić information content (AvgIpc) is 2.45. The lowest BCUT2D eigenvalue weighted by Gasteiger charge is -2.28. The van der Waals surface area contributed by atoms with Crippen molar-refractivity contribution in [3.63, 3.8) is 0 Å². The molecule has 1 aromatic rings. The fourth-order valence-electron chi connectivity index (χ4n) is 2.68. The third-order valence-electron chi connectivity index (χ3n) is 3.46. The van der Waals surface area contributed by atoms with Crippen molar-refractivity contribution in [2.24, 2.45) is 5.14 Å². The van der Waals surface area contributed by atoms with Crippen LogP contribution in [0, 0.1) is 0 Å². The van der Waals surface area contributed by atoms with Crippen LogP contribution in [0.3, 0.4) is 0 Å². The van der Waals surface area contributed by atoms with Gasteiger partial charge in [-0.15, -0.1) is 0 Å². The number of hydrogen-bond donors (Lipinski definition) is 2. The molecule has 0 aromatic carbocycles. The Morgan fingerprint density at radius 3 is 2.55 bits per heavy atom. The summed E-state index contributed by atoms with van der Waals surface area (Å²) in [4.78, 5) is 4.10. The maximum absolute atomic E-state index is 11.6. The molecular weight excluding hydrogens is 278 g/mol. The van der Waals surface area contributed by atoms with Gasteiger partial charge in [-0.25, -0.2) is 18.5 Å². The molecule has 2 rings (SSSR count). The highest BCUT2D eigenvalue weighted by Crippen LogP contribution is 2.39. The zero-order chi connectivity index (χ0) is 15.2. The average molecular weight is 299 g/mol. The second-order valence-electron chi connectivity index (χ2n) is 6.26. The number of rotatable bonds is 3. The van der Waals surface area contributed by atoms with Crippen LogP contribution in [-0.4, -0.2) is 30.6 Å². The molecule has 7 heteroatoms. The number of ether oxygens (including phenoxy) is 1. The van der Waals surface area contributed by atoms with Crippen LogP contribution in [0.1, 0.15) is 34.1 Å². The molecule has 6 nitrogen and oxygen atoms in total. The van der Waals surface area contributed by atoms with Gasteiger partial charge >= 0.3 is 0 Å².